The van der Waals surface area contributed by atoms with Crippen molar-refractivity contribution in [3.8, 4) is 0 Å². The minimum absolute atomic E-state index is 0.395. The quantitative estimate of drug-likeness (QED) is 0.728. The number of aliphatic hydroxyl groups excluding tert-OH is 1. The molecule has 1 aromatic rings. The second-order valence-corrected chi connectivity index (χ2v) is 3.98. The molecule has 0 amide bonds. The summed E-state index contributed by atoms with van der Waals surface area (Å²) in [6.07, 6.45) is -0.459. The highest BCUT2D eigenvalue weighted by Crippen LogP contribution is 2.25. The molecule has 0 aromatic heterocycles. The molecule has 0 fully saturated rings. The fraction of sp³-hybridized carbons (Fsp3) is 0.455. The van der Waals surface area contributed by atoms with Gasteiger partial charge < -0.3 is 10.8 Å². The largest absolute Gasteiger partial charge is 0.389 e. The first-order chi connectivity index (χ1) is 5.93. The zero-order valence-corrected chi connectivity index (χ0v) is 8.41. The summed E-state index contributed by atoms with van der Waals surface area (Å²) in [5.74, 6) is 0. The van der Waals surface area contributed by atoms with Crippen LogP contribution in [0.1, 0.15) is 38.0 Å². The molecule has 1 rings (SSSR count). The van der Waals surface area contributed by atoms with Gasteiger partial charge in [0, 0.05) is 5.54 Å². The monoisotopic (exact) mass is 179 g/mol. The summed E-state index contributed by atoms with van der Waals surface area (Å²) in [5, 5.41) is 9.51. The molecule has 0 aliphatic heterocycles. The van der Waals surface area contributed by atoms with Crippen molar-refractivity contribution < 1.29 is 5.11 Å². The van der Waals surface area contributed by atoms with Crippen LogP contribution in [-0.4, -0.2) is 5.11 Å². The van der Waals surface area contributed by atoms with Gasteiger partial charge in [-0.2, -0.15) is 0 Å². The zero-order chi connectivity index (χ0) is 10.1. The van der Waals surface area contributed by atoms with Gasteiger partial charge in [0.05, 0.1) is 6.10 Å². The van der Waals surface area contributed by atoms with Gasteiger partial charge in [0.15, 0.2) is 0 Å². The maximum atomic E-state index is 9.51. The van der Waals surface area contributed by atoms with Crippen LogP contribution in [0.3, 0.4) is 0 Å². The predicted molar refractivity (Wildman–Crippen MR) is 54.3 cm³/mol. The second-order valence-electron chi connectivity index (χ2n) is 3.98. The van der Waals surface area contributed by atoms with Crippen LogP contribution in [0.15, 0.2) is 24.3 Å². The van der Waals surface area contributed by atoms with Crippen molar-refractivity contribution in [3.05, 3.63) is 35.4 Å². The van der Waals surface area contributed by atoms with E-state index in [1.807, 2.05) is 38.1 Å². The minimum atomic E-state index is -0.459. The molecule has 0 saturated carbocycles. The minimum Gasteiger partial charge on any atom is -0.389 e. The molecule has 0 heterocycles. The normalized spacial score (nSPS) is 14.2. The van der Waals surface area contributed by atoms with E-state index in [4.69, 9.17) is 5.73 Å². The Kier molecular flexibility index (Phi) is 2.74. The first-order valence-electron chi connectivity index (χ1n) is 4.49. The van der Waals surface area contributed by atoms with E-state index in [0.29, 0.717) is 0 Å². The Labute approximate surface area is 79.4 Å². The van der Waals surface area contributed by atoms with E-state index >= 15 is 0 Å². The van der Waals surface area contributed by atoms with Crippen molar-refractivity contribution >= 4 is 0 Å². The van der Waals surface area contributed by atoms with Crippen LogP contribution in [0, 0.1) is 0 Å². The average Bonchev–Trinajstić information content (AvgIpc) is 2.03. The Hall–Kier alpha value is -0.860. The van der Waals surface area contributed by atoms with Crippen LogP contribution in [0.5, 0.6) is 0 Å². The van der Waals surface area contributed by atoms with Crippen LogP contribution in [0.25, 0.3) is 0 Å². The summed E-state index contributed by atoms with van der Waals surface area (Å²) in [4.78, 5) is 0. The summed E-state index contributed by atoms with van der Waals surface area (Å²) in [6.45, 7) is 5.63. The number of hydrogen-bond acceptors (Lipinski definition) is 2. The van der Waals surface area contributed by atoms with Crippen molar-refractivity contribution in [1.82, 2.24) is 0 Å². The van der Waals surface area contributed by atoms with Crippen molar-refractivity contribution in [2.24, 2.45) is 5.73 Å². The van der Waals surface area contributed by atoms with Gasteiger partial charge in [-0.25, -0.2) is 0 Å². The standard InChI is InChI=1S/C11H17NO/c1-8(13)9-6-4-5-7-10(9)11(2,3)12/h4-8,13H,12H2,1-3H3. The van der Waals surface area contributed by atoms with Gasteiger partial charge in [-0.1, -0.05) is 24.3 Å². The third-order valence-electron chi connectivity index (χ3n) is 2.11. The van der Waals surface area contributed by atoms with E-state index in [2.05, 4.69) is 0 Å². The van der Waals surface area contributed by atoms with Crippen molar-refractivity contribution in [1.29, 1.82) is 0 Å². The molecule has 1 unspecified atom stereocenters. The van der Waals surface area contributed by atoms with E-state index in [1.165, 1.54) is 0 Å². The molecule has 1 aromatic carbocycles. The SMILES string of the molecule is CC(O)c1ccccc1C(C)(C)N. The lowest BCUT2D eigenvalue weighted by Gasteiger charge is -2.23. The number of benzene rings is 1. The Balaban J connectivity index is 3.20. The van der Waals surface area contributed by atoms with Gasteiger partial charge in [0.1, 0.15) is 0 Å². The molecule has 2 heteroatoms. The lowest BCUT2D eigenvalue weighted by Crippen LogP contribution is -2.30. The van der Waals surface area contributed by atoms with E-state index < -0.39 is 11.6 Å². The lowest BCUT2D eigenvalue weighted by molar-refractivity contribution is 0.196. The van der Waals surface area contributed by atoms with Gasteiger partial charge >= 0.3 is 0 Å². The molecule has 72 valence electrons. The molecular formula is C11H17NO. The molecule has 13 heavy (non-hydrogen) atoms. The Bertz CT molecular complexity index is 286. The van der Waals surface area contributed by atoms with E-state index in [0.717, 1.165) is 11.1 Å². The molecular weight excluding hydrogens is 162 g/mol. The Morgan fingerprint density at radius 1 is 1.31 bits per heavy atom. The van der Waals surface area contributed by atoms with Gasteiger partial charge in [0.2, 0.25) is 0 Å². The maximum Gasteiger partial charge on any atom is 0.0765 e. The Morgan fingerprint density at radius 2 is 1.85 bits per heavy atom. The van der Waals surface area contributed by atoms with Crippen LogP contribution >= 0.6 is 0 Å². The lowest BCUT2D eigenvalue weighted by atomic mass is 9.89. The number of hydrogen-bond donors (Lipinski definition) is 2. The third-order valence-corrected chi connectivity index (χ3v) is 2.11. The average molecular weight is 179 g/mol. The van der Waals surface area contributed by atoms with Gasteiger partial charge in [-0.05, 0) is 31.9 Å². The van der Waals surface area contributed by atoms with Gasteiger partial charge in [-0.15, -0.1) is 0 Å². The van der Waals surface area contributed by atoms with E-state index in [9.17, 15) is 5.11 Å². The van der Waals surface area contributed by atoms with Crippen LogP contribution in [-0.2, 0) is 5.54 Å². The number of nitrogens with two attached hydrogens (primary N) is 1. The Morgan fingerprint density at radius 3 is 2.23 bits per heavy atom. The van der Waals surface area contributed by atoms with Crippen molar-refractivity contribution in [2.45, 2.75) is 32.4 Å². The first-order valence-corrected chi connectivity index (χ1v) is 4.49. The molecule has 0 aliphatic rings. The summed E-state index contributed by atoms with van der Waals surface area (Å²) in [6, 6.07) is 7.73. The molecule has 2 nitrogen and oxygen atoms in total. The highest BCUT2D eigenvalue weighted by Gasteiger charge is 2.19. The molecule has 1 atom stereocenters. The van der Waals surface area contributed by atoms with E-state index in [-0.39, 0.29) is 0 Å². The van der Waals surface area contributed by atoms with Crippen molar-refractivity contribution in [3.63, 3.8) is 0 Å². The third kappa shape index (κ3) is 2.29. The number of aliphatic hydroxyl groups is 1. The van der Waals surface area contributed by atoms with Crippen LogP contribution in [0.4, 0.5) is 0 Å². The fourth-order valence-corrected chi connectivity index (χ4v) is 1.45. The fourth-order valence-electron chi connectivity index (χ4n) is 1.45. The van der Waals surface area contributed by atoms with Crippen molar-refractivity contribution in [2.75, 3.05) is 0 Å². The predicted octanol–water partition coefficient (Wildman–Crippen LogP) is 1.93. The molecule has 0 aliphatic carbocycles. The smallest absolute Gasteiger partial charge is 0.0765 e. The first kappa shape index (κ1) is 10.2. The topological polar surface area (TPSA) is 46.2 Å². The highest BCUT2D eigenvalue weighted by atomic mass is 16.3. The number of rotatable bonds is 2. The summed E-state index contributed by atoms with van der Waals surface area (Å²) >= 11 is 0. The van der Waals surface area contributed by atoms with Crippen LogP contribution < -0.4 is 5.73 Å². The molecule has 3 N–H and O–H groups in total. The molecule has 0 spiro atoms. The highest BCUT2D eigenvalue weighted by molar-refractivity contribution is 5.33. The summed E-state index contributed by atoms with van der Waals surface area (Å²) in [7, 11) is 0. The summed E-state index contributed by atoms with van der Waals surface area (Å²) in [5.41, 5.74) is 7.51. The molecule has 0 radical (unpaired) electrons. The zero-order valence-electron chi connectivity index (χ0n) is 8.41. The van der Waals surface area contributed by atoms with E-state index in [1.54, 1.807) is 6.92 Å². The maximum absolute atomic E-state index is 9.51. The second kappa shape index (κ2) is 3.48. The molecule has 0 bridgehead atoms. The molecule has 0 saturated heterocycles. The summed E-state index contributed by atoms with van der Waals surface area (Å²) < 4.78 is 0. The van der Waals surface area contributed by atoms with Gasteiger partial charge in [0.25, 0.3) is 0 Å². The van der Waals surface area contributed by atoms with Crippen LogP contribution in [0.2, 0.25) is 0 Å². The van der Waals surface area contributed by atoms with Gasteiger partial charge in [-0.3, -0.25) is 0 Å².